The van der Waals surface area contributed by atoms with Crippen molar-refractivity contribution in [2.45, 2.75) is 19.5 Å². The van der Waals surface area contributed by atoms with Crippen molar-refractivity contribution in [2.24, 2.45) is 7.05 Å². The van der Waals surface area contributed by atoms with Gasteiger partial charge < -0.3 is 10.1 Å². The minimum absolute atomic E-state index is 0.350. The first-order valence-corrected chi connectivity index (χ1v) is 6.42. The van der Waals surface area contributed by atoms with E-state index in [0.29, 0.717) is 6.04 Å². The van der Waals surface area contributed by atoms with Crippen molar-refractivity contribution >= 4 is 11.3 Å². The Morgan fingerprint density at radius 3 is 3.00 bits per heavy atom. The average Bonchev–Trinajstić information content (AvgIpc) is 2.95. The lowest BCUT2D eigenvalue weighted by atomic mass is 10.2. The molecule has 0 saturated carbocycles. The number of hydrogen-bond donors (Lipinski definition) is 1. The molecule has 0 aliphatic heterocycles. The van der Waals surface area contributed by atoms with E-state index in [1.165, 1.54) is 4.88 Å². The molecule has 2 rings (SSSR count). The van der Waals surface area contributed by atoms with E-state index in [-0.39, 0.29) is 0 Å². The van der Waals surface area contributed by atoms with Crippen LogP contribution in [0.25, 0.3) is 0 Å². The molecule has 4 nitrogen and oxygen atoms in total. The van der Waals surface area contributed by atoms with Gasteiger partial charge in [0.15, 0.2) is 0 Å². The fourth-order valence-corrected chi connectivity index (χ4v) is 2.44. The van der Waals surface area contributed by atoms with Crippen LogP contribution < -0.4 is 10.1 Å². The van der Waals surface area contributed by atoms with Crippen molar-refractivity contribution in [2.75, 3.05) is 7.11 Å². The van der Waals surface area contributed by atoms with E-state index in [2.05, 4.69) is 34.9 Å². The molecule has 1 unspecified atom stereocenters. The van der Waals surface area contributed by atoms with Crippen LogP contribution in [0.5, 0.6) is 5.88 Å². The summed E-state index contributed by atoms with van der Waals surface area (Å²) in [4.78, 5) is 1.34. The largest absolute Gasteiger partial charge is 0.481 e. The van der Waals surface area contributed by atoms with Gasteiger partial charge in [0.1, 0.15) is 0 Å². The lowest BCUT2D eigenvalue weighted by molar-refractivity contribution is 0.373. The van der Waals surface area contributed by atoms with Crippen LogP contribution in [0.3, 0.4) is 0 Å². The molecule has 1 atom stereocenters. The smallest absolute Gasteiger partial charge is 0.211 e. The van der Waals surface area contributed by atoms with E-state index < -0.39 is 0 Å². The number of nitrogens with zero attached hydrogens (tertiary/aromatic N) is 2. The SMILES string of the molecule is COc1cc(CNC(C)c2cccs2)nn1C. The van der Waals surface area contributed by atoms with Gasteiger partial charge >= 0.3 is 0 Å². The first-order chi connectivity index (χ1) is 8.20. The number of ether oxygens (including phenoxy) is 1. The highest BCUT2D eigenvalue weighted by Crippen LogP contribution is 2.19. The number of thiophene rings is 1. The van der Waals surface area contributed by atoms with Crippen molar-refractivity contribution in [1.29, 1.82) is 0 Å². The molecule has 92 valence electrons. The van der Waals surface area contributed by atoms with Crippen LogP contribution in [0.15, 0.2) is 23.6 Å². The van der Waals surface area contributed by atoms with Gasteiger partial charge in [0.2, 0.25) is 5.88 Å². The molecular weight excluding hydrogens is 234 g/mol. The number of nitrogens with one attached hydrogen (secondary N) is 1. The summed E-state index contributed by atoms with van der Waals surface area (Å²) in [6.45, 7) is 2.91. The maximum atomic E-state index is 5.18. The van der Waals surface area contributed by atoms with Crippen LogP contribution >= 0.6 is 11.3 Å². The molecule has 0 fully saturated rings. The molecule has 0 aliphatic carbocycles. The molecule has 2 aromatic heterocycles. The Balaban J connectivity index is 1.93. The van der Waals surface area contributed by atoms with Crippen molar-refractivity contribution in [3.8, 4) is 5.88 Å². The van der Waals surface area contributed by atoms with Gasteiger partial charge in [-0.3, -0.25) is 0 Å². The number of rotatable bonds is 5. The van der Waals surface area contributed by atoms with Crippen LogP contribution in [0.4, 0.5) is 0 Å². The maximum absolute atomic E-state index is 5.18. The van der Waals surface area contributed by atoms with E-state index >= 15 is 0 Å². The molecule has 5 heteroatoms. The Hall–Kier alpha value is -1.33. The van der Waals surface area contributed by atoms with E-state index in [1.807, 2.05) is 13.1 Å². The summed E-state index contributed by atoms with van der Waals surface area (Å²) in [6, 6.07) is 6.51. The number of methoxy groups -OCH3 is 1. The van der Waals surface area contributed by atoms with Gasteiger partial charge in [-0.05, 0) is 18.4 Å². The van der Waals surface area contributed by atoms with Crippen molar-refractivity contribution in [3.63, 3.8) is 0 Å². The van der Waals surface area contributed by atoms with Crippen LogP contribution in [0.1, 0.15) is 23.5 Å². The van der Waals surface area contributed by atoms with Gasteiger partial charge in [-0.25, -0.2) is 4.68 Å². The number of aryl methyl sites for hydroxylation is 1. The third-order valence-electron chi connectivity index (χ3n) is 2.66. The molecule has 2 aromatic rings. The van der Waals surface area contributed by atoms with E-state index in [4.69, 9.17) is 4.74 Å². The van der Waals surface area contributed by atoms with Crippen molar-refractivity contribution in [3.05, 3.63) is 34.2 Å². The molecule has 2 heterocycles. The summed E-state index contributed by atoms with van der Waals surface area (Å²) in [5.41, 5.74) is 0.993. The van der Waals surface area contributed by atoms with Gasteiger partial charge in [0.05, 0.1) is 12.8 Å². The standard InChI is InChI=1S/C12H17N3OS/c1-9(11-5-4-6-17-11)13-8-10-7-12(16-3)15(2)14-10/h4-7,9,13H,8H2,1-3H3. The fraction of sp³-hybridized carbons (Fsp3) is 0.417. The summed E-state index contributed by atoms with van der Waals surface area (Å²) in [6.07, 6.45) is 0. The second-order valence-corrected chi connectivity index (χ2v) is 4.90. The molecule has 0 saturated heterocycles. The number of hydrogen-bond acceptors (Lipinski definition) is 4. The summed E-state index contributed by atoms with van der Waals surface area (Å²) < 4.78 is 6.92. The Morgan fingerprint density at radius 1 is 1.59 bits per heavy atom. The zero-order valence-electron chi connectivity index (χ0n) is 10.3. The molecular formula is C12H17N3OS. The van der Waals surface area contributed by atoms with E-state index in [0.717, 1.165) is 18.1 Å². The molecule has 1 N–H and O–H groups in total. The summed E-state index contributed by atoms with van der Waals surface area (Å²) in [7, 11) is 3.54. The van der Waals surface area contributed by atoms with Crippen LogP contribution in [0.2, 0.25) is 0 Å². The minimum atomic E-state index is 0.350. The van der Waals surface area contributed by atoms with Gasteiger partial charge in [-0.2, -0.15) is 5.10 Å². The Morgan fingerprint density at radius 2 is 2.41 bits per heavy atom. The minimum Gasteiger partial charge on any atom is -0.481 e. The molecule has 0 aliphatic rings. The maximum Gasteiger partial charge on any atom is 0.211 e. The van der Waals surface area contributed by atoms with Gasteiger partial charge in [-0.15, -0.1) is 11.3 Å². The summed E-state index contributed by atoms with van der Waals surface area (Å²) in [5, 5.41) is 9.91. The zero-order valence-corrected chi connectivity index (χ0v) is 11.1. The quantitative estimate of drug-likeness (QED) is 0.886. The normalized spacial score (nSPS) is 12.6. The molecule has 0 radical (unpaired) electrons. The molecule has 0 spiro atoms. The molecule has 0 amide bonds. The topological polar surface area (TPSA) is 39.1 Å². The van der Waals surface area contributed by atoms with Crippen LogP contribution in [-0.2, 0) is 13.6 Å². The lowest BCUT2D eigenvalue weighted by Crippen LogP contribution is -2.17. The molecule has 0 bridgehead atoms. The highest BCUT2D eigenvalue weighted by Gasteiger charge is 2.08. The summed E-state index contributed by atoms with van der Waals surface area (Å²) in [5.74, 6) is 0.783. The second-order valence-electron chi connectivity index (χ2n) is 3.92. The highest BCUT2D eigenvalue weighted by molar-refractivity contribution is 7.10. The van der Waals surface area contributed by atoms with Crippen LogP contribution in [-0.4, -0.2) is 16.9 Å². The van der Waals surface area contributed by atoms with E-state index in [1.54, 1.807) is 23.1 Å². The molecule has 0 aromatic carbocycles. The fourth-order valence-electron chi connectivity index (χ4n) is 1.68. The van der Waals surface area contributed by atoms with Crippen LogP contribution in [0, 0.1) is 0 Å². The van der Waals surface area contributed by atoms with Gasteiger partial charge in [0, 0.05) is 30.6 Å². The Labute approximate surface area is 105 Å². The second kappa shape index (κ2) is 5.33. The van der Waals surface area contributed by atoms with Crippen molar-refractivity contribution < 1.29 is 4.74 Å². The third-order valence-corrected chi connectivity index (χ3v) is 3.71. The monoisotopic (exact) mass is 251 g/mol. The first kappa shape index (κ1) is 12.1. The average molecular weight is 251 g/mol. The Bertz CT molecular complexity index is 464. The van der Waals surface area contributed by atoms with Gasteiger partial charge in [0.25, 0.3) is 0 Å². The van der Waals surface area contributed by atoms with Crippen molar-refractivity contribution in [1.82, 2.24) is 15.1 Å². The Kier molecular flexibility index (Phi) is 3.81. The highest BCUT2D eigenvalue weighted by atomic mass is 32.1. The predicted molar refractivity (Wildman–Crippen MR) is 69.3 cm³/mol. The number of aromatic nitrogens is 2. The summed E-state index contributed by atoms with van der Waals surface area (Å²) >= 11 is 1.77. The predicted octanol–water partition coefficient (Wildman–Crippen LogP) is 2.34. The zero-order chi connectivity index (χ0) is 12.3. The molecule has 17 heavy (non-hydrogen) atoms. The lowest BCUT2D eigenvalue weighted by Gasteiger charge is -2.10. The van der Waals surface area contributed by atoms with Gasteiger partial charge in [-0.1, -0.05) is 6.07 Å². The third kappa shape index (κ3) is 2.87. The van der Waals surface area contributed by atoms with E-state index in [9.17, 15) is 0 Å². The first-order valence-electron chi connectivity index (χ1n) is 5.54.